The highest BCUT2D eigenvalue weighted by Crippen LogP contribution is 2.34. The molecule has 2 aliphatic rings. The first-order valence-electron chi connectivity index (χ1n) is 7.58. The van der Waals surface area contributed by atoms with Gasteiger partial charge in [0.05, 0.1) is 18.1 Å². The number of carbonyl (C=O) groups excluding carboxylic acids is 1. The zero-order valence-electron chi connectivity index (χ0n) is 12.5. The number of rotatable bonds is 3. The molecule has 1 aliphatic heterocycles. The molecule has 0 aromatic rings. The highest BCUT2D eigenvalue weighted by Gasteiger charge is 2.47. The van der Waals surface area contributed by atoms with Gasteiger partial charge in [-0.15, -0.1) is 0 Å². The molecule has 0 spiro atoms. The first kappa shape index (κ1) is 15.3. The van der Waals surface area contributed by atoms with Crippen molar-refractivity contribution in [3.8, 4) is 0 Å². The second-order valence-corrected chi connectivity index (χ2v) is 6.37. The van der Waals surface area contributed by atoms with Gasteiger partial charge < -0.3 is 15.2 Å². The van der Waals surface area contributed by atoms with Crippen LogP contribution >= 0.6 is 0 Å². The van der Waals surface area contributed by atoms with Crippen molar-refractivity contribution in [2.24, 2.45) is 11.8 Å². The van der Waals surface area contributed by atoms with Gasteiger partial charge >= 0.3 is 5.97 Å². The molecule has 2 fully saturated rings. The van der Waals surface area contributed by atoms with Crippen molar-refractivity contribution in [3.05, 3.63) is 0 Å². The van der Waals surface area contributed by atoms with Crippen molar-refractivity contribution in [2.45, 2.75) is 70.6 Å². The van der Waals surface area contributed by atoms with E-state index in [0.717, 1.165) is 19.3 Å². The average Bonchev–Trinajstić information content (AvgIpc) is 2.64. The van der Waals surface area contributed by atoms with Crippen LogP contribution in [0.5, 0.6) is 0 Å². The van der Waals surface area contributed by atoms with Crippen LogP contribution in [0.2, 0.25) is 0 Å². The molecule has 0 radical (unpaired) electrons. The van der Waals surface area contributed by atoms with Crippen LogP contribution in [0.15, 0.2) is 0 Å². The van der Waals surface area contributed by atoms with E-state index in [2.05, 4.69) is 5.32 Å². The monoisotopic (exact) mass is 283 g/mol. The predicted molar refractivity (Wildman–Crippen MR) is 74.3 cm³/mol. The Morgan fingerprint density at radius 2 is 1.70 bits per heavy atom. The van der Waals surface area contributed by atoms with Crippen LogP contribution in [0.1, 0.15) is 52.9 Å². The molecule has 2 N–H and O–H groups in total. The zero-order valence-corrected chi connectivity index (χ0v) is 12.5. The molecule has 1 saturated heterocycles. The molecular formula is C15H25NO4. The molecule has 5 nitrogen and oxygen atoms in total. The van der Waals surface area contributed by atoms with E-state index < -0.39 is 11.5 Å². The SMILES string of the molecule is CC1OC(C)C(C(=O)NC2(C(=O)O)CCCCC2)C1C. The van der Waals surface area contributed by atoms with Gasteiger partial charge in [0.15, 0.2) is 0 Å². The van der Waals surface area contributed by atoms with Crippen LogP contribution in [0, 0.1) is 11.8 Å². The quantitative estimate of drug-likeness (QED) is 0.830. The van der Waals surface area contributed by atoms with Gasteiger partial charge in [-0.25, -0.2) is 4.79 Å². The number of ether oxygens (including phenoxy) is 1. The van der Waals surface area contributed by atoms with Crippen LogP contribution in [-0.2, 0) is 14.3 Å². The molecule has 5 heteroatoms. The van der Waals surface area contributed by atoms with Crippen LogP contribution < -0.4 is 5.32 Å². The summed E-state index contributed by atoms with van der Waals surface area (Å²) < 4.78 is 5.68. The maximum atomic E-state index is 12.5. The van der Waals surface area contributed by atoms with Gasteiger partial charge in [0.25, 0.3) is 0 Å². The third-order valence-electron chi connectivity index (χ3n) is 5.02. The second-order valence-electron chi connectivity index (χ2n) is 6.37. The third kappa shape index (κ3) is 2.68. The number of aliphatic carboxylic acids is 1. The lowest BCUT2D eigenvalue weighted by Crippen LogP contribution is -2.58. The fraction of sp³-hybridized carbons (Fsp3) is 0.867. The highest BCUT2D eigenvalue weighted by molar-refractivity contribution is 5.88. The van der Waals surface area contributed by atoms with Gasteiger partial charge in [0.2, 0.25) is 5.91 Å². The van der Waals surface area contributed by atoms with E-state index in [1.54, 1.807) is 0 Å². The van der Waals surface area contributed by atoms with E-state index >= 15 is 0 Å². The van der Waals surface area contributed by atoms with E-state index in [9.17, 15) is 14.7 Å². The predicted octanol–water partition coefficient (Wildman–Crippen LogP) is 1.95. The van der Waals surface area contributed by atoms with Gasteiger partial charge in [-0.3, -0.25) is 4.79 Å². The van der Waals surface area contributed by atoms with Gasteiger partial charge in [-0.1, -0.05) is 26.2 Å². The first-order chi connectivity index (χ1) is 9.37. The van der Waals surface area contributed by atoms with Crippen molar-refractivity contribution in [2.75, 3.05) is 0 Å². The van der Waals surface area contributed by atoms with Crippen LogP contribution in [-0.4, -0.2) is 34.7 Å². The normalized spacial score (nSPS) is 36.5. The number of hydrogen-bond acceptors (Lipinski definition) is 3. The Hall–Kier alpha value is -1.10. The number of carboxylic acids is 1. The Morgan fingerprint density at radius 3 is 2.15 bits per heavy atom. The summed E-state index contributed by atoms with van der Waals surface area (Å²) in [4.78, 5) is 24.1. The van der Waals surface area contributed by atoms with Gasteiger partial charge in [-0.05, 0) is 32.6 Å². The molecule has 1 saturated carbocycles. The van der Waals surface area contributed by atoms with E-state index in [-0.39, 0.29) is 30.0 Å². The lowest BCUT2D eigenvalue weighted by molar-refractivity contribution is -0.150. The molecule has 0 aromatic heterocycles. The third-order valence-corrected chi connectivity index (χ3v) is 5.02. The number of carboxylic acid groups (broad SMARTS) is 1. The Kier molecular flexibility index (Phi) is 4.37. The Morgan fingerprint density at radius 1 is 1.10 bits per heavy atom. The van der Waals surface area contributed by atoms with Crippen molar-refractivity contribution in [1.82, 2.24) is 5.32 Å². The minimum Gasteiger partial charge on any atom is -0.480 e. The smallest absolute Gasteiger partial charge is 0.329 e. The molecule has 4 atom stereocenters. The number of carbonyl (C=O) groups is 2. The summed E-state index contributed by atoms with van der Waals surface area (Å²) in [5, 5.41) is 12.4. The maximum absolute atomic E-state index is 12.5. The molecule has 114 valence electrons. The van der Waals surface area contributed by atoms with Crippen LogP contribution in [0.3, 0.4) is 0 Å². The standard InChI is InChI=1S/C15H25NO4/c1-9-10(2)20-11(3)12(9)13(17)16-15(14(18)19)7-5-4-6-8-15/h9-12H,4-8H2,1-3H3,(H,16,17)(H,18,19). The lowest BCUT2D eigenvalue weighted by Gasteiger charge is -2.35. The highest BCUT2D eigenvalue weighted by atomic mass is 16.5. The number of nitrogens with one attached hydrogen (secondary N) is 1. The summed E-state index contributed by atoms with van der Waals surface area (Å²) in [7, 11) is 0. The molecule has 1 amide bonds. The second kappa shape index (κ2) is 5.72. The Bertz CT molecular complexity index is 389. The van der Waals surface area contributed by atoms with Crippen LogP contribution in [0.25, 0.3) is 0 Å². The van der Waals surface area contributed by atoms with Crippen LogP contribution in [0.4, 0.5) is 0 Å². The van der Waals surface area contributed by atoms with Gasteiger partial charge in [-0.2, -0.15) is 0 Å². The summed E-state index contributed by atoms with van der Waals surface area (Å²) in [5.41, 5.74) is -1.07. The molecule has 4 unspecified atom stereocenters. The van der Waals surface area contributed by atoms with Crippen molar-refractivity contribution < 1.29 is 19.4 Å². The largest absolute Gasteiger partial charge is 0.480 e. The first-order valence-corrected chi connectivity index (χ1v) is 7.58. The Labute approximate surface area is 120 Å². The molecule has 20 heavy (non-hydrogen) atoms. The molecule has 0 bridgehead atoms. The summed E-state index contributed by atoms with van der Waals surface area (Å²) in [6, 6.07) is 0. The fourth-order valence-corrected chi connectivity index (χ4v) is 3.59. The molecule has 2 rings (SSSR count). The van der Waals surface area contributed by atoms with Crippen molar-refractivity contribution in [1.29, 1.82) is 0 Å². The average molecular weight is 283 g/mol. The van der Waals surface area contributed by atoms with Crippen molar-refractivity contribution in [3.63, 3.8) is 0 Å². The van der Waals surface area contributed by atoms with E-state index in [4.69, 9.17) is 4.74 Å². The summed E-state index contributed by atoms with van der Waals surface area (Å²) in [5.74, 6) is -1.22. The minimum atomic E-state index is -1.07. The zero-order chi connectivity index (χ0) is 14.9. The molecular weight excluding hydrogens is 258 g/mol. The van der Waals surface area contributed by atoms with Crippen molar-refractivity contribution >= 4 is 11.9 Å². The number of hydrogen-bond donors (Lipinski definition) is 2. The lowest BCUT2D eigenvalue weighted by atomic mass is 9.80. The molecule has 1 aliphatic carbocycles. The summed E-state index contributed by atoms with van der Waals surface area (Å²) in [6.45, 7) is 5.84. The topological polar surface area (TPSA) is 75.6 Å². The fourth-order valence-electron chi connectivity index (χ4n) is 3.59. The van der Waals surface area contributed by atoms with Gasteiger partial charge in [0.1, 0.15) is 5.54 Å². The maximum Gasteiger partial charge on any atom is 0.329 e. The summed E-state index contributed by atoms with van der Waals surface area (Å²) >= 11 is 0. The van der Waals surface area contributed by atoms with E-state index in [1.807, 2.05) is 20.8 Å². The Balaban J connectivity index is 2.11. The van der Waals surface area contributed by atoms with Gasteiger partial charge in [0, 0.05) is 0 Å². The number of amides is 1. The van der Waals surface area contributed by atoms with E-state index in [0.29, 0.717) is 12.8 Å². The molecule has 0 aromatic carbocycles. The minimum absolute atomic E-state index is 0.0351. The molecule has 1 heterocycles. The van der Waals surface area contributed by atoms with E-state index in [1.165, 1.54) is 0 Å². The summed E-state index contributed by atoms with van der Waals surface area (Å²) in [6.07, 6.45) is 3.69.